The summed E-state index contributed by atoms with van der Waals surface area (Å²) in [6.07, 6.45) is 4.13. The summed E-state index contributed by atoms with van der Waals surface area (Å²) in [7, 11) is 0. The van der Waals surface area contributed by atoms with E-state index in [9.17, 15) is 18.0 Å². The number of benzene rings is 1. The van der Waals surface area contributed by atoms with Gasteiger partial charge in [0.05, 0.1) is 0 Å². The molecule has 120 valence electrons. The van der Waals surface area contributed by atoms with E-state index >= 15 is 0 Å². The molecule has 1 N–H and O–H groups in total. The zero-order valence-corrected chi connectivity index (χ0v) is 12.2. The van der Waals surface area contributed by atoms with Gasteiger partial charge in [-0.15, -0.1) is 0 Å². The summed E-state index contributed by atoms with van der Waals surface area (Å²) >= 11 is 0. The summed E-state index contributed by atoms with van der Waals surface area (Å²) in [4.78, 5) is 13.9. The van der Waals surface area contributed by atoms with E-state index in [1.165, 1.54) is 12.8 Å². The Morgan fingerprint density at radius 2 is 1.73 bits per heavy atom. The number of hydrogen-bond acceptors (Lipinski definition) is 2. The first-order chi connectivity index (χ1) is 10.6. The molecule has 1 amide bonds. The summed E-state index contributed by atoms with van der Waals surface area (Å²) < 4.78 is 39.4. The lowest BCUT2D eigenvalue weighted by Gasteiger charge is -2.35. The van der Waals surface area contributed by atoms with Crippen LogP contribution in [-0.4, -0.2) is 36.5 Å². The molecule has 3 nitrogen and oxygen atoms in total. The minimum atomic E-state index is -1.54. The van der Waals surface area contributed by atoms with Crippen LogP contribution < -0.4 is 5.32 Å². The molecule has 2 aliphatic heterocycles. The lowest BCUT2D eigenvalue weighted by molar-refractivity contribution is 0.0673. The van der Waals surface area contributed by atoms with E-state index < -0.39 is 23.4 Å². The molecule has 3 rings (SSSR count). The summed E-state index contributed by atoms with van der Waals surface area (Å²) in [5, 5.41) is 3.48. The van der Waals surface area contributed by atoms with Gasteiger partial charge in [-0.2, -0.15) is 0 Å². The number of rotatable bonds is 2. The van der Waals surface area contributed by atoms with E-state index in [1.807, 2.05) is 0 Å². The maximum Gasteiger partial charge on any atom is 0.254 e. The average molecular weight is 312 g/mol. The van der Waals surface area contributed by atoms with Crippen molar-refractivity contribution in [2.75, 3.05) is 19.6 Å². The highest BCUT2D eigenvalue weighted by molar-refractivity contribution is 5.94. The quantitative estimate of drug-likeness (QED) is 0.852. The second kappa shape index (κ2) is 6.28. The van der Waals surface area contributed by atoms with Crippen molar-refractivity contribution in [1.29, 1.82) is 0 Å². The normalized spacial score (nSPS) is 23.0. The Morgan fingerprint density at radius 3 is 2.27 bits per heavy atom. The van der Waals surface area contributed by atoms with Crippen LogP contribution >= 0.6 is 0 Å². The summed E-state index contributed by atoms with van der Waals surface area (Å²) in [6, 6.07) is 2.06. The van der Waals surface area contributed by atoms with E-state index in [0.717, 1.165) is 31.5 Å². The van der Waals surface area contributed by atoms with Crippen molar-refractivity contribution in [2.45, 2.75) is 31.7 Å². The average Bonchev–Trinajstić information content (AvgIpc) is 3.06. The van der Waals surface area contributed by atoms with Gasteiger partial charge in [-0.1, -0.05) is 0 Å². The highest BCUT2D eigenvalue weighted by Crippen LogP contribution is 2.26. The molecule has 2 heterocycles. The fraction of sp³-hybridized carbons (Fsp3) is 0.562. The molecule has 2 aliphatic rings. The van der Waals surface area contributed by atoms with Gasteiger partial charge in [-0.25, -0.2) is 13.2 Å². The van der Waals surface area contributed by atoms with Gasteiger partial charge in [0, 0.05) is 24.7 Å². The second-order valence-corrected chi connectivity index (χ2v) is 6.09. The molecule has 1 unspecified atom stereocenters. The monoisotopic (exact) mass is 312 g/mol. The molecule has 0 aliphatic carbocycles. The first-order valence-electron chi connectivity index (χ1n) is 7.73. The summed E-state index contributed by atoms with van der Waals surface area (Å²) in [5.74, 6) is -4.08. The van der Waals surface area contributed by atoms with Gasteiger partial charge in [0.15, 0.2) is 17.5 Å². The highest BCUT2D eigenvalue weighted by Gasteiger charge is 2.30. The third kappa shape index (κ3) is 2.97. The van der Waals surface area contributed by atoms with E-state index in [-0.39, 0.29) is 5.56 Å². The first-order valence-corrected chi connectivity index (χ1v) is 7.73. The molecule has 2 fully saturated rings. The molecule has 22 heavy (non-hydrogen) atoms. The molecular formula is C16H19F3N2O. The van der Waals surface area contributed by atoms with Crippen molar-refractivity contribution in [3.05, 3.63) is 35.1 Å². The first kappa shape index (κ1) is 15.3. The maximum absolute atomic E-state index is 13.2. The fourth-order valence-corrected chi connectivity index (χ4v) is 3.48. The van der Waals surface area contributed by atoms with Crippen LogP contribution in [0.15, 0.2) is 12.1 Å². The Bertz CT molecular complexity index is 542. The predicted octanol–water partition coefficient (Wildman–Crippen LogP) is 2.71. The summed E-state index contributed by atoms with van der Waals surface area (Å²) in [5.41, 5.74) is -0.131. The molecule has 0 radical (unpaired) electrons. The molecular weight excluding hydrogens is 293 g/mol. The number of hydrogen-bond donors (Lipinski definition) is 1. The minimum Gasteiger partial charge on any atom is -0.339 e. The van der Waals surface area contributed by atoms with Crippen LogP contribution in [0.4, 0.5) is 13.2 Å². The number of amides is 1. The van der Waals surface area contributed by atoms with Crippen LogP contribution in [0.5, 0.6) is 0 Å². The zero-order valence-electron chi connectivity index (χ0n) is 12.2. The lowest BCUT2D eigenvalue weighted by atomic mass is 9.88. The van der Waals surface area contributed by atoms with Crippen LogP contribution in [0.2, 0.25) is 0 Å². The molecule has 2 saturated heterocycles. The van der Waals surface area contributed by atoms with Gasteiger partial charge in [0.2, 0.25) is 0 Å². The molecule has 6 heteroatoms. The minimum absolute atomic E-state index is 0.131. The van der Waals surface area contributed by atoms with Crippen molar-refractivity contribution in [2.24, 2.45) is 5.92 Å². The standard InChI is InChI=1S/C16H19F3N2O/c17-12-8-11(9-13(18)15(12)19)16(22)21-6-3-10(4-7-21)14-2-1-5-20-14/h8-10,14,20H,1-7H2. The van der Waals surface area contributed by atoms with E-state index in [1.54, 1.807) is 4.90 Å². The van der Waals surface area contributed by atoms with Crippen LogP contribution in [0.25, 0.3) is 0 Å². The topological polar surface area (TPSA) is 32.3 Å². The van der Waals surface area contributed by atoms with Crippen LogP contribution in [-0.2, 0) is 0 Å². The third-order valence-electron chi connectivity index (χ3n) is 4.73. The van der Waals surface area contributed by atoms with Crippen LogP contribution in [0.1, 0.15) is 36.0 Å². The van der Waals surface area contributed by atoms with Gasteiger partial charge in [0.25, 0.3) is 5.91 Å². The van der Waals surface area contributed by atoms with Crippen LogP contribution in [0.3, 0.4) is 0 Å². The molecule has 0 spiro atoms. The maximum atomic E-state index is 13.2. The van der Waals surface area contributed by atoms with Gasteiger partial charge < -0.3 is 10.2 Å². The smallest absolute Gasteiger partial charge is 0.254 e. The van der Waals surface area contributed by atoms with Crippen molar-refractivity contribution in [3.63, 3.8) is 0 Å². The van der Waals surface area contributed by atoms with Crippen molar-refractivity contribution < 1.29 is 18.0 Å². The number of piperidine rings is 1. The van der Waals surface area contributed by atoms with Gasteiger partial charge in [-0.05, 0) is 50.3 Å². The lowest BCUT2D eigenvalue weighted by Crippen LogP contribution is -2.43. The molecule has 1 atom stereocenters. The molecule has 0 bridgehead atoms. The number of carbonyl (C=O) groups is 1. The predicted molar refractivity (Wildman–Crippen MR) is 76.0 cm³/mol. The SMILES string of the molecule is O=C(c1cc(F)c(F)c(F)c1)N1CCC(C2CCCN2)CC1. The van der Waals surface area contributed by atoms with Gasteiger partial charge in [0.1, 0.15) is 0 Å². The Morgan fingerprint density at radius 1 is 1.09 bits per heavy atom. The van der Waals surface area contributed by atoms with E-state index in [4.69, 9.17) is 0 Å². The van der Waals surface area contributed by atoms with Crippen LogP contribution in [0, 0.1) is 23.4 Å². The third-order valence-corrected chi connectivity index (χ3v) is 4.73. The highest BCUT2D eigenvalue weighted by atomic mass is 19.2. The van der Waals surface area contributed by atoms with Gasteiger partial charge in [-0.3, -0.25) is 4.79 Å². The Hall–Kier alpha value is -1.56. The Kier molecular flexibility index (Phi) is 4.38. The van der Waals surface area contributed by atoms with Crippen molar-refractivity contribution >= 4 is 5.91 Å². The Labute approximate surface area is 127 Å². The number of nitrogens with zero attached hydrogens (tertiary/aromatic N) is 1. The zero-order chi connectivity index (χ0) is 15.7. The number of nitrogens with one attached hydrogen (secondary N) is 1. The number of carbonyl (C=O) groups excluding carboxylic acids is 1. The summed E-state index contributed by atoms with van der Waals surface area (Å²) in [6.45, 7) is 2.20. The second-order valence-electron chi connectivity index (χ2n) is 6.09. The molecule has 1 aromatic carbocycles. The van der Waals surface area contributed by atoms with E-state index in [2.05, 4.69) is 5.32 Å². The number of halogens is 3. The van der Waals surface area contributed by atoms with Crippen molar-refractivity contribution in [1.82, 2.24) is 10.2 Å². The van der Waals surface area contributed by atoms with Crippen molar-refractivity contribution in [3.8, 4) is 0 Å². The molecule has 0 saturated carbocycles. The number of likely N-dealkylation sites (tertiary alicyclic amines) is 1. The Balaban J connectivity index is 1.64. The largest absolute Gasteiger partial charge is 0.339 e. The molecule has 1 aromatic rings. The molecule has 0 aromatic heterocycles. The van der Waals surface area contributed by atoms with Gasteiger partial charge >= 0.3 is 0 Å². The van der Waals surface area contributed by atoms with E-state index in [0.29, 0.717) is 25.0 Å². The fourth-order valence-electron chi connectivity index (χ4n) is 3.48.